The molecule has 96 valence electrons. The Bertz CT molecular complexity index is 513. The molecule has 1 aromatic heterocycles. The minimum atomic E-state index is -0.562. The summed E-state index contributed by atoms with van der Waals surface area (Å²) < 4.78 is 5.61. The lowest BCUT2D eigenvalue weighted by atomic mass is 9.86. The summed E-state index contributed by atoms with van der Waals surface area (Å²) in [6.45, 7) is 8.28. The fourth-order valence-corrected chi connectivity index (χ4v) is 1.87. The highest BCUT2D eigenvalue weighted by molar-refractivity contribution is 5.58. The van der Waals surface area contributed by atoms with E-state index in [2.05, 4.69) is 45.0 Å². The summed E-state index contributed by atoms with van der Waals surface area (Å²) in [4.78, 5) is 0. The van der Waals surface area contributed by atoms with E-state index in [0.717, 1.165) is 11.3 Å². The number of hydrogen-bond acceptors (Lipinski definition) is 2. The van der Waals surface area contributed by atoms with Crippen LogP contribution in [-0.4, -0.2) is 5.11 Å². The van der Waals surface area contributed by atoms with Gasteiger partial charge in [-0.15, -0.1) is 0 Å². The molecule has 0 saturated heterocycles. The predicted molar refractivity (Wildman–Crippen MR) is 73.5 cm³/mol. The summed E-state index contributed by atoms with van der Waals surface area (Å²) in [6, 6.07) is 12.1. The third kappa shape index (κ3) is 2.65. The Morgan fingerprint density at radius 1 is 1.00 bits per heavy atom. The summed E-state index contributed by atoms with van der Waals surface area (Å²) in [5.41, 5.74) is 2.50. The van der Waals surface area contributed by atoms with E-state index in [4.69, 9.17) is 4.42 Å². The zero-order chi connectivity index (χ0) is 13.3. The monoisotopic (exact) mass is 244 g/mol. The molecule has 1 atom stereocenters. The van der Waals surface area contributed by atoms with Crippen LogP contribution in [0.25, 0.3) is 11.3 Å². The molecule has 1 unspecified atom stereocenters. The molecule has 18 heavy (non-hydrogen) atoms. The highest BCUT2D eigenvalue weighted by atomic mass is 16.4. The standard InChI is InChI=1S/C16H20O2/c1-11(17)14-9-10-15(18-14)12-5-7-13(8-6-12)16(2,3)4/h5-11,17H,1-4H3. The van der Waals surface area contributed by atoms with Gasteiger partial charge in [-0.1, -0.05) is 45.0 Å². The van der Waals surface area contributed by atoms with Gasteiger partial charge < -0.3 is 9.52 Å². The SMILES string of the molecule is CC(O)c1ccc(-c2ccc(C(C)(C)C)cc2)o1. The molecule has 0 aliphatic carbocycles. The van der Waals surface area contributed by atoms with Crippen molar-refractivity contribution < 1.29 is 9.52 Å². The number of furan rings is 1. The normalized spacial score (nSPS) is 13.6. The van der Waals surface area contributed by atoms with Crippen molar-refractivity contribution in [2.45, 2.75) is 39.2 Å². The molecule has 2 aromatic rings. The minimum absolute atomic E-state index is 0.159. The smallest absolute Gasteiger partial charge is 0.134 e. The zero-order valence-electron chi connectivity index (χ0n) is 11.4. The zero-order valence-corrected chi connectivity index (χ0v) is 11.4. The van der Waals surface area contributed by atoms with Crippen LogP contribution in [-0.2, 0) is 5.41 Å². The van der Waals surface area contributed by atoms with E-state index in [1.54, 1.807) is 6.92 Å². The van der Waals surface area contributed by atoms with Crippen LogP contribution in [0.3, 0.4) is 0 Å². The lowest BCUT2D eigenvalue weighted by Gasteiger charge is -2.18. The molecule has 0 spiro atoms. The Labute approximate surface area is 108 Å². The number of aliphatic hydroxyl groups is 1. The molecule has 0 saturated carbocycles. The molecule has 0 radical (unpaired) electrons. The molecule has 1 heterocycles. The highest BCUT2D eigenvalue weighted by Gasteiger charge is 2.14. The van der Waals surface area contributed by atoms with Gasteiger partial charge in [-0.2, -0.15) is 0 Å². The fourth-order valence-electron chi connectivity index (χ4n) is 1.87. The highest BCUT2D eigenvalue weighted by Crippen LogP contribution is 2.28. The second kappa shape index (κ2) is 4.62. The van der Waals surface area contributed by atoms with Crippen molar-refractivity contribution in [2.24, 2.45) is 0 Å². The largest absolute Gasteiger partial charge is 0.458 e. The maximum Gasteiger partial charge on any atom is 0.134 e. The third-order valence-electron chi connectivity index (χ3n) is 3.07. The molecule has 2 heteroatoms. The number of hydrogen-bond donors (Lipinski definition) is 1. The summed E-state index contributed by atoms with van der Waals surface area (Å²) in [5, 5.41) is 9.44. The molecule has 0 aliphatic rings. The first-order valence-electron chi connectivity index (χ1n) is 6.26. The summed E-state index contributed by atoms with van der Waals surface area (Å²) >= 11 is 0. The first-order chi connectivity index (χ1) is 8.38. The van der Waals surface area contributed by atoms with Gasteiger partial charge in [0, 0.05) is 5.56 Å². The van der Waals surface area contributed by atoms with E-state index in [0.29, 0.717) is 5.76 Å². The molecule has 0 amide bonds. The second-order valence-corrected chi connectivity index (χ2v) is 5.71. The van der Waals surface area contributed by atoms with Crippen LogP contribution in [0.4, 0.5) is 0 Å². The minimum Gasteiger partial charge on any atom is -0.458 e. The van der Waals surface area contributed by atoms with Crippen molar-refractivity contribution in [3.8, 4) is 11.3 Å². The summed E-state index contributed by atoms with van der Waals surface area (Å²) in [5.74, 6) is 1.40. The predicted octanol–water partition coefficient (Wildman–Crippen LogP) is 4.30. The second-order valence-electron chi connectivity index (χ2n) is 5.71. The van der Waals surface area contributed by atoms with Gasteiger partial charge in [-0.3, -0.25) is 0 Å². The Hall–Kier alpha value is -1.54. The third-order valence-corrected chi connectivity index (χ3v) is 3.07. The van der Waals surface area contributed by atoms with Crippen molar-refractivity contribution in [3.05, 3.63) is 47.7 Å². The Balaban J connectivity index is 2.29. The first-order valence-corrected chi connectivity index (χ1v) is 6.26. The summed E-state index contributed by atoms with van der Waals surface area (Å²) in [6.07, 6.45) is -0.562. The summed E-state index contributed by atoms with van der Waals surface area (Å²) in [7, 11) is 0. The fraction of sp³-hybridized carbons (Fsp3) is 0.375. The van der Waals surface area contributed by atoms with Crippen LogP contribution in [0.5, 0.6) is 0 Å². The van der Waals surface area contributed by atoms with Gasteiger partial charge in [-0.25, -0.2) is 0 Å². The van der Waals surface area contributed by atoms with Crippen molar-refractivity contribution in [1.82, 2.24) is 0 Å². The molecule has 0 fully saturated rings. The van der Waals surface area contributed by atoms with Crippen LogP contribution in [0.2, 0.25) is 0 Å². The van der Waals surface area contributed by atoms with Crippen LogP contribution >= 0.6 is 0 Å². The van der Waals surface area contributed by atoms with E-state index in [1.165, 1.54) is 5.56 Å². The van der Waals surface area contributed by atoms with E-state index >= 15 is 0 Å². The quantitative estimate of drug-likeness (QED) is 0.854. The van der Waals surface area contributed by atoms with E-state index in [1.807, 2.05) is 12.1 Å². The lowest BCUT2D eigenvalue weighted by Crippen LogP contribution is -2.10. The molecule has 2 nitrogen and oxygen atoms in total. The topological polar surface area (TPSA) is 33.4 Å². The average Bonchev–Trinajstić information content (AvgIpc) is 2.77. The molecule has 0 aliphatic heterocycles. The first kappa shape index (κ1) is 12.9. The number of aliphatic hydroxyl groups excluding tert-OH is 1. The van der Waals surface area contributed by atoms with Crippen LogP contribution in [0, 0.1) is 0 Å². The van der Waals surface area contributed by atoms with E-state index in [-0.39, 0.29) is 5.41 Å². The van der Waals surface area contributed by atoms with Gasteiger partial charge in [0.2, 0.25) is 0 Å². The van der Waals surface area contributed by atoms with Gasteiger partial charge in [0.1, 0.15) is 17.6 Å². The van der Waals surface area contributed by atoms with Crippen LogP contribution < -0.4 is 0 Å². The molecule has 0 bridgehead atoms. The van der Waals surface area contributed by atoms with Crippen molar-refractivity contribution >= 4 is 0 Å². The van der Waals surface area contributed by atoms with Crippen molar-refractivity contribution in [2.75, 3.05) is 0 Å². The molecular formula is C16H20O2. The van der Waals surface area contributed by atoms with Crippen LogP contribution in [0.15, 0.2) is 40.8 Å². The molecule has 1 aromatic carbocycles. The van der Waals surface area contributed by atoms with Crippen molar-refractivity contribution in [1.29, 1.82) is 0 Å². The Morgan fingerprint density at radius 3 is 2.06 bits per heavy atom. The molecule has 2 rings (SSSR count). The Morgan fingerprint density at radius 2 is 1.61 bits per heavy atom. The van der Waals surface area contributed by atoms with Crippen molar-refractivity contribution in [3.63, 3.8) is 0 Å². The Kier molecular flexibility index (Phi) is 3.31. The number of rotatable bonds is 2. The van der Waals surface area contributed by atoms with Crippen LogP contribution in [0.1, 0.15) is 45.1 Å². The number of benzene rings is 1. The van der Waals surface area contributed by atoms with E-state index < -0.39 is 6.10 Å². The van der Waals surface area contributed by atoms with Gasteiger partial charge in [0.15, 0.2) is 0 Å². The molecular weight excluding hydrogens is 224 g/mol. The van der Waals surface area contributed by atoms with Gasteiger partial charge >= 0.3 is 0 Å². The van der Waals surface area contributed by atoms with Gasteiger partial charge in [0.25, 0.3) is 0 Å². The average molecular weight is 244 g/mol. The van der Waals surface area contributed by atoms with Gasteiger partial charge in [-0.05, 0) is 30.0 Å². The maximum absolute atomic E-state index is 9.44. The lowest BCUT2D eigenvalue weighted by molar-refractivity contribution is 0.170. The maximum atomic E-state index is 9.44. The van der Waals surface area contributed by atoms with Gasteiger partial charge in [0.05, 0.1) is 0 Å². The molecule has 1 N–H and O–H groups in total. The van der Waals surface area contributed by atoms with E-state index in [9.17, 15) is 5.11 Å².